The van der Waals surface area contributed by atoms with Gasteiger partial charge in [0.25, 0.3) is 5.91 Å². The molecule has 4 rings (SSSR count). The number of rotatable bonds is 9. The standard InChI is InChI=1S/C22H26N8O4/c23-30-22(34)17(7-12-9-25-15-4-2-1-3-14(12)15)28-21(33)18(8-13-10-24-11-26-13)29-20(32)16-5-6-19(31)27-16/h1-4,9-11,16-18,25H,5-8,23H2,(H,24,26)(H,27,31)(H,28,33)(H,29,32)(H,30,34). The topological polar surface area (TPSA) is 187 Å². The molecule has 0 spiro atoms. The lowest BCUT2D eigenvalue weighted by Gasteiger charge is -2.23. The Balaban J connectivity index is 1.51. The monoisotopic (exact) mass is 466 g/mol. The normalized spacial score (nSPS) is 17.1. The van der Waals surface area contributed by atoms with Gasteiger partial charge in [0.1, 0.15) is 18.1 Å². The number of hydrogen-bond donors (Lipinski definition) is 7. The number of fused-ring (bicyclic) bond motifs is 1. The summed E-state index contributed by atoms with van der Waals surface area (Å²) in [6.07, 6.45) is 5.68. The van der Waals surface area contributed by atoms with Gasteiger partial charge < -0.3 is 25.9 Å². The largest absolute Gasteiger partial charge is 0.361 e. The number of aromatic nitrogens is 3. The lowest BCUT2D eigenvalue weighted by Crippen LogP contribution is -2.57. The molecule has 0 bridgehead atoms. The molecule has 3 aromatic rings. The van der Waals surface area contributed by atoms with Gasteiger partial charge >= 0.3 is 0 Å². The van der Waals surface area contributed by atoms with Gasteiger partial charge in [-0.3, -0.25) is 24.6 Å². The van der Waals surface area contributed by atoms with Crippen molar-refractivity contribution < 1.29 is 19.2 Å². The second-order valence-electron chi connectivity index (χ2n) is 8.13. The molecule has 0 aliphatic carbocycles. The van der Waals surface area contributed by atoms with Gasteiger partial charge in [-0.25, -0.2) is 10.8 Å². The molecule has 3 atom stereocenters. The van der Waals surface area contributed by atoms with Gasteiger partial charge in [0.2, 0.25) is 17.7 Å². The minimum atomic E-state index is -1.01. The summed E-state index contributed by atoms with van der Waals surface area (Å²) in [7, 11) is 0. The minimum absolute atomic E-state index is 0.113. The quantitative estimate of drug-likeness (QED) is 0.119. The summed E-state index contributed by atoms with van der Waals surface area (Å²) in [6.45, 7) is 0. The van der Waals surface area contributed by atoms with Crippen molar-refractivity contribution in [2.24, 2.45) is 5.84 Å². The van der Waals surface area contributed by atoms with E-state index in [4.69, 9.17) is 5.84 Å². The number of imidazole rings is 1. The average molecular weight is 467 g/mol. The van der Waals surface area contributed by atoms with Crippen LogP contribution in [0.1, 0.15) is 24.1 Å². The maximum Gasteiger partial charge on any atom is 0.256 e. The fourth-order valence-corrected chi connectivity index (χ4v) is 4.01. The van der Waals surface area contributed by atoms with E-state index in [0.717, 1.165) is 16.5 Å². The molecule has 0 radical (unpaired) electrons. The van der Waals surface area contributed by atoms with Crippen molar-refractivity contribution in [1.82, 2.24) is 36.3 Å². The van der Waals surface area contributed by atoms with Gasteiger partial charge in [-0.2, -0.15) is 0 Å². The number of nitrogens with two attached hydrogens (primary N) is 1. The molecule has 4 amide bonds. The van der Waals surface area contributed by atoms with Gasteiger partial charge in [-0.15, -0.1) is 0 Å². The molecule has 34 heavy (non-hydrogen) atoms. The highest BCUT2D eigenvalue weighted by Gasteiger charge is 2.32. The second kappa shape index (κ2) is 10.2. The van der Waals surface area contributed by atoms with Gasteiger partial charge in [-0.05, 0) is 18.1 Å². The van der Waals surface area contributed by atoms with E-state index in [1.54, 1.807) is 12.4 Å². The Morgan fingerprint density at radius 3 is 2.59 bits per heavy atom. The summed E-state index contributed by atoms with van der Waals surface area (Å²) >= 11 is 0. The van der Waals surface area contributed by atoms with E-state index in [0.29, 0.717) is 12.1 Å². The van der Waals surface area contributed by atoms with Crippen LogP contribution < -0.4 is 27.2 Å². The maximum atomic E-state index is 13.2. The Bertz CT molecular complexity index is 1190. The van der Waals surface area contributed by atoms with Gasteiger partial charge in [-0.1, -0.05) is 18.2 Å². The molecule has 8 N–H and O–H groups in total. The number of amides is 4. The van der Waals surface area contributed by atoms with Crippen LogP contribution in [0.2, 0.25) is 0 Å². The first kappa shape index (κ1) is 23.0. The Labute approximate surface area is 194 Å². The Hall–Kier alpha value is -4.19. The fourth-order valence-electron chi connectivity index (χ4n) is 4.01. The van der Waals surface area contributed by atoms with Crippen LogP contribution in [0.3, 0.4) is 0 Å². The van der Waals surface area contributed by atoms with Crippen molar-refractivity contribution in [2.45, 2.75) is 43.8 Å². The zero-order chi connectivity index (χ0) is 24.1. The van der Waals surface area contributed by atoms with E-state index in [9.17, 15) is 19.2 Å². The van der Waals surface area contributed by atoms with Crippen LogP contribution in [0.25, 0.3) is 10.9 Å². The predicted molar refractivity (Wildman–Crippen MR) is 122 cm³/mol. The lowest BCUT2D eigenvalue weighted by molar-refractivity contribution is -0.132. The Kier molecular flexibility index (Phi) is 6.87. The van der Waals surface area contributed by atoms with Crippen molar-refractivity contribution in [2.75, 3.05) is 0 Å². The van der Waals surface area contributed by atoms with Crippen molar-refractivity contribution in [1.29, 1.82) is 0 Å². The number of nitrogens with one attached hydrogen (secondary N) is 6. The van der Waals surface area contributed by atoms with Gasteiger partial charge in [0.05, 0.1) is 6.33 Å². The van der Waals surface area contributed by atoms with E-state index in [-0.39, 0.29) is 25.2 Å². The lowest BCUT2D eigenvalue weighted by atomic mass is 10.0. The molecular formula is C22H26N8O4. The van der Waals surface area contributed by atoms with E-state index in [1.807, 2.05) is 24.3 Å². The van der Waals surface area contributed by atoms with E-state index in [2.05, 4.69) is 36.3 Å². The molecule has 0 saturated carbocycles. The number of carbonyl (C=O) groups is 4. The summed E-state index contributed by atoms with van der Waals surface area (Å²) in [5, 5.41) is 8.90. The van der Waals surface area contributed by atoms with Crippen LogP contribution in [0, 0.1) is 0 Å². The highest BCUT2D eigenvalue weighted by atomic mass is 16.2. The SMILES string of the molecule is NNC(=O)C(Cc1c[nH]c2ccccc12)NC(=O)C(Cc1cnc[nH]1)NC(=O)C1CCC(=O)N1. The van der Waals surface area contributed by atoms with Crippen molar-refractivity contribution in [3.63, 3.8) is 0 Å². The summed E-state index contributed by atoms with van der Waals surface area (Å²) in [4.78, 5) is 59.9. The smallest absolute Gasteiger partial charge is 0.256 e. The number of nitrogens with zero attached hydrogens (tertiary/aromatic N) is 1. The fraction of sp³-hybridized carbons (Fsp3) is 0.318. The number of carbonyl (C=O) groups excluding carboxylic acids is 4. The van der Waals surface area contributed by atoms with Crippen LogP contribution in [0.4, 0.5) is 0 Å². The maximum absolute atomic E-state index is 13.2. The third kappa shape index (κ3) is 5.23. The first-order chi connectivity index (χ1) is 16.4. The Morgan fingerprint density at radius 1 is 1.09 bits per heavy atom. The number of aromatic amines is 2. The van der Waals surface area contributed by atoms with Crippen LogP contribution in [-0.4, -0.2) is 56.7 Å². The third-order valence-corrected chi connectivity index (χ3v) is 5.80. The molecule has 1 aromatic carbocycles. The predicted octanol–water partition coefficient (Wildman–Crippen LogP) is -1.09. The van der Waals surface area contributed by atoms with Crippen LogP contribution in [0.5, 0.6) is 0 Å². The van der Waals surface area contributed by atoms with Crippen LogP contribution >= 0.6 is 0 Å². The average Bonchev–Trinajstić information content (AvgIpc) is 3.59. The molecular weight excluding hydrogens is 440 g/mol. The molecule has 1 aliphatic heterocycles. The molecule has 1 aliphatic rings. The number of H-pyrrole nitrogens is 2. The first-order valence-corrected chi connectivity index (χ1v) is 10.9. The molecule has 1 fully saturated rings. The molecule has 12 heteroatoms. The summed E-state index contributed by atoms with van der Waals surface area (Å²) in [5.41, 5.74) is 4.44. The number of benzene rings is 1. The van der Waals surface area contributed by atoms with Crippen LogP contribution in [-0.2, 0) is 32.0 Å². The molecule has 1 saturated heterocycles. The van der Waals surface area contributed by atoms with E-state index >= 15 is 0 Å². The second-order valence-corrected chi connectivity index (χ2v) is 8.13. The van der Waals surface area contributed by atoms with Gasteiger partial charge in [0, 0.05) is 48.3 Å². The zero-order valence-corrected chi connectivity index (χ0v) is 18.3. The first-order valence-electron chi connectivity index (χ1n) is 10.9. The summed E-state index contributed by atoms with van der Waals surface area (Å²) < 4.78 is 0. The molecule has 178 valence electrons. The summed E-state index contributed by atoms with van der Waals surface area (Å²) in [6, 6.07) is 4.90. The van der Waals surface area contributed by atoms with Crippen molar-refractivity contribution in [3.05, 3.63) is 54.2 Å². The minimum Gasteiger partial charge on any atom is -0.361 e. The van der Waals surface area contributed by atoms with Crippen LogP contribution in [0.15, 0.2) is 43.0 Å². The molecule has 3 unspecified atom stereocenters. The number of hydrazine groups is 1. The summed E-state index contributed by atoms with van der Waals surface area (Å²) in [5.74, 6) is 3.54. The van der Waals surface area contributed by atoms with Crippen molar-refractivity contribution >= 4 is 34.5 Å². The highest BCUT2D eigenvalue weighted by Crippen LogP contribution is 2.19. The highest BCUT2D eigenvalue weighted by molar-refractivity contribution is 5.95. The number of hydrogen-bond acceptors (Lipinski definition) is 6. The molecule has 2 aromatic heterocycles. The Morgan fingerprint density at radius 2 is 1.88 bits per heavy atom. The van der Waals surface area contributed by atoms with E-state index < -0.39 is 35.8 Å². The number of para-hydroxylation sites is 1. The molecule has 3 heterocycles. The third-order valence-electron chi connectivity index (χ3n) is 5.80. The molecule has 12 nitrogen and oxygen atoms in total. The zero-order valence-electron chi connectivity index (χ0n) is 18.3. The van der Waals surface area contributed by atoms with E-state index in [1.165, 1.54) is 6.33 Å². The van der Waals surface area contributed by atoms with Gasteiger partial charge in [0.15, 0.2) is 0 Å². The van der Waals surface area contributed by atoms with Crippen molar-refractivity contribution in [3.8, 4) is 0 Å².